The first-order valence-electron chi connectivity index (χ1n) is 11.2. The number of hydrogen-bond donors (Lipinski definition) is 5. The molecule has 0 heterocycles. The lowest BCUT2D eigenvalue weighted by Gasteiger charge is -2.36. The van der Waals surface area contributed by atoms with Crippen LogP contribution in [-0.4, -0.2) is 133 Å². The van der Waals surface area contributed by atoms with E-state index >= 15 is 0 Å². The van der Waals surface area contributed by atoms with Gasteiger partial charge in [-0.3, -0.25) is 48.8 Å². The van der Waals surface area contributed by atoms with E-state index in [1.807, 2.05) is 0 Å². The van der Waals surface area contributed by atoms with Crippen molar-refractivity contribution < 1.29 is 54.4 Å². The van der Waals surface area contributed by atoms with Gasteiger partial charge in [-0.05, 0) is 18.9 Å². The molecule has 0 radical (unpaired) electrons. The number of nitrogens with zero attached hydrogens (tertiary/aromatic N) is 4. The summed E-state index contributed by atoms with van der Waals surface area (Å²) in [5.74, 6) is -6.56. The summed E-state index contributed by atoms with van der Waals surface area (Å²) in [4.78, 5) is 70.8. The zero-order valence-corrected chi connectivity index (χ0v) is 20.5. The number of benzene rings is 1. The van der Waals surface area contributed by atoms with E-state index in [1.54, 1.807) is 0 Å². The monoisotopic (exact) mass is 542 g/mol. The number of nitro groups is 1. The van der Waals surface area contributed by atoms with E-state index in [0.717, 1.165) is 9.80 Å². The van der Waals surface area contributed by atoms with Gasteiger partial charge in [0.05, 0.1) is 37.6 Å². The van der Waals surface area contributed by atoms with Crippen molar-refractivity contribution in [2.24, 2.45) is 0 Å². The zero-order valence-electron chi connectivity index (χ0n) is 20.5. The Morgan fingerprint density at radius 1 is 0.737 bits per heavy atom. The highest BCUT2D eigenvalue weighted by atomic mass is 16.6. The van der Waals surface area contributed by atoms with Crippen LogP contribution in [-0.2, 0) is 30.4 Å². The topological polar surface area (TPSA) is 239 Å². The van der Waals surface area contributed by atoms with Gasteiger partial charge in [0.25, 0.3) is 5.69 Å². The van der Waals surface area contributed by atoms with Crippen LogP contribution < -0.4 is 0 Å². The van der Waals surface area contributed by atoms with Gasteiger partial charge in [-0.1, -0.05) is 12.1 Å². The lowest BCUT2D eigenvalue weighted by atomic mass is 10.0. The Labute approximate surface area is 216 Å². The van der Waals surface area contributed by atoms with Crippen LogP contribution in [0.1, 0.15) is 12.5 Å². The first-order chi connectivity index (χ1) is 17.7. The third-order valence-electron chi connectivity index (χ3n) is 5.46. The van der Waals surface area contributed by atoms with Crippen LogP contribution in [0.15, 0.2) is 24.3 Å². The summed E-state index contributed by atoms with van der Waals surface area (Å²) in [6.07, 6.45) is -0.00296. The van der Waals surface area contributed by atoms with Gasteiger partial charge in [-0.2, -0.15) is 0 Å². The molecule has 2 atom stereocenters. The Bertz CT molecular complexity index is 984. The fourth-order valence-corrected chi connectivity index (χ4v) is 3.89. The van der Waals surface area contributed by atoms with Crippen LogP contribution in [0.5, 0.6) is 0 Å². The Kier molecular flexibility index (Phi) is 12.7. The van der Waals surface area contributed by atoms with Crippen molar-refractivity contribution in [3.05, 3.63) is 39.9 Å². The fourth-order valence-electron chi connectivity index (χ4n) is 3.89. The molecule has 0 amide bonds. The number of nitro benzene ring substituents is 1. The molecule has 5 N–H and O–H groups in total. The van der Waals surface area contributed by atoms with Gasteiger partial charge in [0.15, 0.2) is 0 Å². The predicted octanol–water partition coefficient (Wildman–Crippen LogP) is -0.777. The Morgan fingerprint density at radius 3 is 1.55 bits per heavy atom. The maximum Gasteiger partial charge on any atom is 0.317 e. The Balaban J connectivity index is 3.33. The average molecular weight is 542 g/mol. The van der Waals surface area contributed by atoms with Crippen LogP contribution in [0.2, 0.25) is 0 Å². The summed E-state index contributed by atoms with van der Waals surface area (Å²) in [5.41, 5.74) is 0.291. The molecule has 0 saturated heterocycles. The van der Waals surface area contributed by atoms with E-state index in [0.29, 0.717) is 5.56 Å². The van der Waals surface area contributed by atoms with Crippen LogP contribution >= 0.6 is 0 Å². The van der Waals surface area contributed by atoms with Crippen molar-refractivity contribution in [3.8, 4) is 0 Å². The van der Waals surface area contributed by atoms with Crippen molar-refractivity contribution in [3.63, 3.8) is 0 Å². The Hall–Kier alpha value is -4.15. The number of hydrogen-bond acceptors (Lipinski definition) is 10. The second kappa shape index (κ2) is 15.2. The number of carboxylic acid groups (broad SMARTS) is 5. The molecule has 16 heteroatoms. The summed E-state index contributed by atoms with van der Waals surface area (Å²) >= 11 is 0. The molecule has 38 heavy (non-hydrogen) atoms. The number of aliphatic carboxylic acids is 5. The molecular formula is C22H30N4O12. The van der Waals surface area contributed by atoms with Crippen molar-refractivity contribution in [2.75, 3.05) is 45.8 Å². The predicted molar refractivity (Wildman–Crippen MR) is 128 cm³/mol. The van der Waals surface area contributed by atoms with Gasteiger partial charge in [0.2, 0.25) is 0 Å². The summed E-state index contributed by atoms with van der Waals surface area (Å²) in [6, 6.07) is 3.60. The molecule has 0 fully saturated rings. The first kappa shape index (κ1) is 31.9. The van der Waals surface area contributed by atoms with Gasteiger partial charge in [0.1, 0.15) is 0 Å². The molecule has 0 saturated carbocycles. The van der Waals surface area contributed by atoms with Crippen molar-refractivity contribution in [2.45, 2.75) is 25.4 Å². The molecule has 0 spiro atoms. The molecule has 1 rings (SSSR count). The minimum absolute atomic E-state index is 0.00296. The molecule has 16 nitrogen and oxygen atoms in total. The molecular weight excluding hydrogens is 512 g/mol. The third-order valence-corrected chi connectivity index (χ3v) is 5.46. The van der Waals surface area contributed by atoms with E-state index in [4.69, 9.17) is 10.2 Å². The number of carbonyl (C=O) groups is 5. The molecule has 210 valence electrons. The smallest absolute Gasteiger partial charge is 0.317 e. The highest BCUT2D eigenvalue weighted by Crippen LogP contribution is 2.17. The average Bonchev–Trinajstić information content (AvgIpc) is 2.76. The SMILES string of the molecule is CC(CN(CC(=O)O)C[C@H](Cc1ccc([N+](=O)[O-])cc1)N(CC(=O)O)CC(=O)O)N(CC(=O)O)CC(=O)O. The quantitative estimate of drug-likeness (QED) is 0.106. The minimum Gasteiger partial charge on any atom is -0.480 e. The van der Waals surface area contributed by atoms with Crippen molar-refractivity contribution in [1.82, 2.24) is 14.7 Å². The second-order valence-corrected chi connectivity index (χ2v) is 8.60. The van der Waals surface area contributed by atoms with E-state index < -0.39 is 79.6 Å². The minimum atomic E-state index is -1.34. The number of non-ortho nitro benzene ring substituents is 1. The van der Waals surface area contributed by atoms with Gasteiger partial charge in [-0.15, -0.1) is 0 Å². The molecule has 0 aliphatic rings. The maximum absolute atomic E-state index is 11.6. The number of rotatable bonds is 19. The third kappa shape index (κ3) is 12.2. The van der Waals surface area contributed by atoms with Gasteiger partial charge >= 0.3 is 29.8 Å². The van der Waals surface area contributed by atoms with E-state index in [1.165, 1.54) is 36.1 Å². The van der Waals surface area contributed by atoms with E-state index in [-0.39, 0.29) is 25.2 Å². The van der Waals surface area contributed by atoms with Crippen LogP contribution in [0, 0.1) is 10.1 Å². The van der Waals surface area contributed by atoms with Crippen LogP contribution in [0.4, 0.5) is 5.69 Å². The summed E-state index contributed by atoms with van der Waals surface area (Å²) in [7, 11) is 0. The first-order valence-corrected chi connectivity index (χ1v) is 11.2. The summed E-state index contributed by atoms with van der Waals surface area (Å²) in [5, 5.41) is 57.3. The molecule has 0 aromatic heterocycles. The van der Waals surface area contributed by atoms with Crippen LogP contribution in [0.25, 0.3) is 0 Å². The van der Waals surface area contributed by atoms with Crippen LogP contribution in [0.3, 0.4) is 0 Å². The lowest BCUT2D eigenvalue weighted by molar-refractivity contribution is -0.384. The standard InChI is InChI=1S/C22H30N4O12/c1-14(24(10-19(29)30)11-20(31)32)7-23(9-18(27)28)8-17(25(12-21(33)34)13-22(35)36)6-15-2-4-16(5-3-15)26(37)38/h2-5,14,17H,6-13H2,1H3,(H,27,28)(H,29,30)(H,31,32)(H,33,34)(H,35,36)/t14?,17-/m0/s1. The Morgan fingerprint density at radius 2 is 1.16 bits per heavy atom. The zero-order chi connectivity index (χ0) is 29.0. The van der Waals surface area contributed by atoms with E-state index in [9.17, 15) is 49.4 Å². The number of carboxylic acids is 5. The lowest BCUT2D eigenvalue weighted by Crippen LogP contribution is -2.53. The highest BCUT2D eigenvalue weighted by Gasteiger charge is 2.29. The molecule has 1 aromatic carbocycles. The normalized spacial score (nSPS) is 12.8. The second-order valence-electron chi connectivity index (χ2n) is 8.60. The van der Waals surface area contributed by atoms with Crippen molar-refractivity contribution in [1.29, 1.82) is 0 Å². The van der Waals surface area contributed by atoms with Crippen molar-refractivity contribution >= 4 is 35.5 Å². The molecule has 0 aliphatic heterocycles. The fraction of sp³-hybridized carbons (Fsp3) is 0.500. The van der Waals surface area contributed by atoms with E-state index in [2.05, 4.69) is 0 Å². The largest absolute Gasteiger partial charge is 0.480 e. The molecule has 0 bridgehead atoms. The summed E-state index contributed by atoms with van der Waals surface area (Å²) in [6.45, 7) is -2.11. The molecule has 1 unspecified atom stereocenters. The van der Waals surface area contributed by atoms with Gasteiger partial charge in [-0.25, -0.2) is 0 Å². The highest BCUT2D eigenvalue weighted by molar-refractivity contribution is 5.73. The summed E-state index contributed by atoms with van der Waals surface area (Å²) < 4.78 is 0. The van der Waals surface area contributed by atoms with Gasteiger partial charge in [0, 0.05) is 37.3 Å². The maximum atomic E-state index is 11.6. The molecule has 1 aromatic rings. The molecule has 0 aliphatic carbocycles. The van der Waals surface area contributed by atoms with Gasteiger partial charge < -0.3 is 25.5 Å².